The topological polar surface area (TPSA) is 47.8 Å². The van der Waals surface area contributed by atoms with E-state index in [1.54, 1.807) is 6.33 Å². The van der Waals surface area contributed by atoms with Crippen LogP contribution in [0.2, 0.25) is 0 Å². The number of Topliss-reactive ketones (excluding diaryl/α,β-unsaturated/α-hetero) is 1. The number of hydrogen-bond donors (Lipinski definition) is 0. The van der Waals surface area contributed by atoms with Crippen LogP contribution in [0.3, 0.4) is 0 Å². The Morgan fingerprint density at radius 1 is 1.04 bits per heavy atom. The molecular formula is C22H19N3OS. The molecule has 0 aliphatic rings. The Kier molecular flexibility index (Phi) is 4.77. The van der Waals surface area contributed by atoms with E-state index in [2.05, 4.69) is 42.2 Å². The van der Waals surface area contributed by atoms with Crippen molar-refractivity contribution in [1.82, 2.24) is 14.8 Å². The third-order valence-corrected chi connectivity index (χ3v) is 5.51. The second kappa shape index (κ2) is 7.37. The van der Waals surface area contributed by atoms with E-state index < -0.39 is 0 Å². The molecule has 0 fully saturated rings. The number of hydrogen-bond acceptors (Lipinski definition) is 4. The molecule has 1 heterocycles. The predicted octanol–water partition coefficient (Wildman–Crippen LogP) is 5.01. The van der Waals surface area contributed by atoms with Gasteiger partial charge in [0.15, 0.2) is 10.9 Å². The molecule has 0 aliphatic carbocycles. The third kappa shape index (κ3) is 3.51. The van der Waals surface area contributed by atoms with Gasteiger partial charge in [-0.2, -0.15) is 0 Å². The van der Waals surface area contributed by atoms with Crippen LogP contribution in [0.25, 0.3) is 16.5 Å². The zero-order chi connectivity index (χ0) is 18.8. The summed E-state index contributed by atoms with van der Waals surface area (Å²) in [4.78, 5) is 12.8. The number of aromatic nitrogens is 3. The van der Waals surface area contributed by atoms with E-state index in [1.807, 2.05) is 47.0 Å². The molecule has 5 heteroatoms. The molecule has 1 aromatic heterocycles. The van der Waals surface area contributed by atoms with Gasteiger partial charge in [0.05, 0.1) is 11.4 Å². The summed E-state index contributed by atoms with van der Waals surface area (Å²) in [7, 11) is 0. The summed E-state index contributed by atoms with van der Waals surface area (Å²) in [6.07, 6.45) is 1.70. The van der Waals surface area contributed by atoms with Crippen molar-refractivity contribution in [2.24, 2.45) is 0 Å². The first kappa shape index (κ1) is 17.5. The van der Waals surface area contributed by atoms with E-state index in [0.29, 0.717) is 5.75 Å². The van der Waals surface area contributed by atoms with Crippen LogP contribution in [0.5, 0.6) is 0 Å². The fourth-order valence-corrected chi connectivity index (χ4v) is 3.95. The molecule has 134 valence electrons. The van der Waals surface area contributed by atoms with Gasteiger partial charge in [0, 0.05) is 5.56 Å². The van der Waals surface area contributed by atoms with Gasteiger partial charge in [-0.15, -0.1) is 10.2 Å². The monoisotopic (exact) mass is 373 g/mol. The van der Waals surface area contributed by atoms with Crippen LogP contribution < -0.4 is 0 Å². The fraction of sp³-hybridized carbons (Fsp3) is 0.136. The van der Waals surface area contributed by atoms with E-state index in [-0.39, 0.29) is 5.78 Å². The second-order valence-corrected chi connectivity index (χ2v) is 7.45. The first-order valence-corrected chi connectivity index (χ1v) is 9.73. The molecule has 4 nitrogen and oxygen atoms in total. The maximum absolute atomic E-state index is 12.8. The van der Waals surface area contributed by atoms with E-state index in [1.165, 1.54) is 17.3 Å². The predicted molar refractivity (Wildman–Crippen MR) is 110 cm³/mol. The van der Waals surface area contributed by atoms with Crippen LogP contribution in [-0.4, -0.2) is 26.3 Å². The molecule has 4 rings (SSSR count). The molecule has 0 saturated carbocycles. The highest BCUT2D eigenvalue weighted by molar-refractivity contribution is 7.99. The largest absolute Gasteiger partial charge is 0.293 e. The normalized spacial score (nSPS) is 11.0. The lowest BCUT2D eigenvalue weighted by Crippen LogP contribution is -2.05. The van der Waals surface area contributed by atoms with Crippen LogP contribution >= 0.6 is 11.8 Å². The molecule has 27 heavy (non-hydrogen) atoms. The Hall–Kier alpha value is -2.92. The van der Waals surface area contributed by atoms with Gasteiger partial charge in [-0.1, -0.05) is 66.4 Å². The minimum absolute atomic E-state index is 0.0901. The Morgan fingerprint density at radius 3 is 2.74 bits per heavy atom. The number of aryl methyl sites for hydroxylation is 2. The number of thioether (sulfide) groups is 1. The summed E-state index contributed by atoms with van der Waals surface area (Å²) in [6, 6.07) is 20.1. The van der Waals surface area contributed by atoms with Gasteiger partial charge in [-0.25, -0.2) is 0 Å². The number of benzene rings is 3. The van der Waals surface area contributed by atoms with Crippen LogP contribution in [-0.2, 0) is 0 Å². The highest BCUT2D eigenvalue weighted by atomic mass is 32.2. The van der Waals surface area contributed by atoms with Crippen molar-refractivity contribution < 1.29 is 4.79 Å². The van der Waals surface area contributed by atoms with Crippen LogP contribution in [0.15, 0.2) is 72.1 Å². The standard InChI is InChI=1S/C22H19N3OS/c1-15-10-11-16(2)20(12-15)25-14-23-24-22(25)27-13-21(26)19-9-5-7-17-6-3-4-8-18(17)19/h3-12,14H,13H2,1-2H3. The Balaban J connectivity index is 1.59. The lowest BCUT2D eigenvalue weighted by atomic mass is 10.0. The minimum Gasteiger partial charge on any atom is -0.293 e. The number of nitrogens with zero attached hydrogens (tertiary/aromatic N) is 3. The van der Waals surface area contributed by atoms with Crippen LogP contribution in [0.1, 0.15) is 21.5 Å². The first-order valence-electron chi connectivity index (χ1n) is 8.75. The zero-order valence-electron chi connectivity index (χ0n) is 15.2. The molecule has 3 aromatic carbocycles. The number of rotatable bonds is 5. The molecule has 0 unspecified atom stereocenters. The summed E-state index contributed by atoms with van der Waals surface area (Å²) >= 11 is 1.41. The summed E-state index contributed by atoms with van der Waals surface area (Å²) < 4.78 is 1.95. The van der Waals surface area contributed by atoms with Crippen molar-refractivity contribution >= 4 is 28.3 Å². The van der Waals surface area contributed by atoms with Crippen LogP contribution in [0, 0.1) is 13.8 Å². The number of carbonyl (C=O) groups is 1. The molecule has 0 saturated heterocycles. The van der Waals surface area contributed by atoms with Gasteiger partial charge in [0.25, 0.3) is 0 Å². The smallest absolute Gasteiger partial charge is 0.196 e. The van der Waals surface area contributed by atoms with E-state index in [4.69, 9.17) is 0 Å². The molecule has 4 aromatic rings. The maximum Gasteiger partial charge on any atom is 0.196 e. The summed E-state index contributed by atoms with van der Waals surface area (Å²) in [5.74, 6) is 0.407. The van der Waals surface area contributed by atoms with Crippen molar-refractivity contribution in [2.45, 2.75) is 19.0 Å². The lowest BCUT2D eigenvalue weighted by Gasteiger charge is -2.10. The van der Waals surface area contributed by atoms with Crippen molar-refractivity contribution in [3.63, 3.8) is 0 Å². The van der Waals surface area contributed by atoms with Crippen molar-refractivity contribution in [1.29, 1.82) is 0 Å². The number of fused-ring (bicyclic) bond motifs is 1. The Bertz CT molecular complexity index is 1130. The van der Waals surface area contributed by atoms with E-state index in [9.17, 15) is 4.79 Å². The second-order valence-electron chi connectivity index (χ2n) is 6.51. The quantitative estimate of drug-likeness (QED) is 0.364. The van der Waals surface area contributed by atoms with E-state index in [0.717, 1.165) is 32.7 Å². The highest BCUT2D eigenvalue weighted by Gasteiger charge is 2.14. The molecule has 0 radical (unpaired) electrons. The zero-order valence-corrected chi connectivity index (χ0v) is 16.0. The van der Waals surface area contributed by atoms with Gasteiger partial charge < -0.3 is 0 Å². The Labute approximate surface area is 162 Å². The van der Waals surface area contributed by atoms with E-state index >= 15 is 0 Å². The van der Waals surface area contributed by atoms with Gasteiger partial charge in [0.1, 0.15) is 6.33 Å². The average Bonchev–Trinajstić information content (AvgIpc) is 3.16. The molecule has 0 aliphatic heterocycles. The van der Waals surface area contributed by atoms with Gasteiger partial charge >= 0.3 is 0 Å². The molecule has 0 amide bonds. The summed E-state index contributed by atoms with van der Waals surface area (Å²) in [5, 5.41) is 11.0. The van der Waals surface area contributed by atoms with Gasteiger partial charge in [0.2, 0.25) is 0 Å². The molecule has 0 atom stereocenters. The number of ketones is 1. The lowest BCUT2D eigenvalue weighted by molar-refractivity contribution is 0.102. The summed E-state index contributed by atoms with van der Waals surface area (Å²) in [5.41, 5.74) is 4.10. The van der Waals surface area contributed by atoms with Crippen molar-refractivity contribution in [3.05, 3.63) is 83.7 Å². The SMILES string of the molecule is Cc1ccc(C)c(-n2cnnc2SCC(=O)c2cccc3ccccc23)c1. The summed E-state index contributed by atoms with van der Waals surface area (Å²) in [6.45, 7) is 4.12. The molecule has 0 bridgehead atoms. The molecular weight excluding hydrogens is 354 g/mol. The molecule has 0 spiro atoms. The van der Waals surface area contributed by atoms with Gasteiger partial charge in [-0.05, 0) is 41.8 Å². The fourth-order valence-electron chi connectivity index (χ4n) is 3.14. The number of carbonyl (C=O) groups excluding carboxylic acids is 1. The van der Waals surface area contributed by atoms with Crippen molar-refractivity contribution in [3.8, 4) is 5.69 Å². The van der Waals surface area contributed by atoms with Gasteiger partial charge in [-0.3, -0.25) is 9.36 Å². The Morgan fingerprint density at radius 2 is 1.85 bits per heavy atom. The average molecular weight is 373 g/mol. The minimum atomic E-state index is 0.0901. The van der Waals surface area contributed by atoms with Crippen LogP contribution in [0.4, 0.5) is 0 Å². The maximum atomic E-state index is 12.8. The molecule has 0 N–H and O–H groups in total. The highest BCUT2D eigenvalue weighted by Crippen LogP contribution is 2.25. The van der Waals surface area contributed by atoms with Crippen molar-refractivity contribution in [2.75, 3.05) is 5.75 Å². The third-order valence-electron chi connectivity index (χ3n) is 4.56. The first-order chi connectivity index (χ1) is 13.1.